The van der Waals surface area contributed by atoms with Gasteiger partial charge in [-0.25, -0.2) is 0 Å². The van der Waals surface area contributed by atoms with Crippen LogP contribution in [0.1, 0.15) is 22.3 Å². The topological polar surface area (TPSA) is 15.7 Å². The van der Waals surface area contributed by atoms with Crippen LogP contribution in [0.2, 0.25) is 0 Å². The van der Waals surface area contributed by atoms with Crippen molar-refractivity contribution in [1.29, 1.82) is 0 Å². The van der Waals surface area contributed by atoms with Gasteiger partial charge in [-0.3, -0.25) is 0 Å². The van der Waals surface area contributed by atoms with E-state index in [4.69, 9.17) is 4.74 Å². The summed E-state index contributed by atoms with van der Waals surface area (Å²) in [5, 5.41) is 7.26. The lowest BCUT2D eigenvalue weighted by molar-refractivity contribution is 0.436. The van der Waals surface area contributed by atoms with Crippen LogP contribution in [-0.2, 0) is 5.41 Å². The first kappa shape index (κ1) is 37.9. The molecule has 1 aliphatic carbocycles. The number of fused-ring (bicyclic) bond motifs is 14. The van der Waals surface area contributed by atoms with Crippen molar-refractivity contribution in [2.24, 2.45) is 0 Å². The average Bonchev–Trinajstić information content (AvgIpc) is 3.90. The van der Waals surface area contributed by atoms with Crippen molar-refractivity contribution < 1.29 is 4.74 Å². The minimum Gasteiger partial charge on any atom is -0.457 e. The highest BCUT2D eigenvalue weighted by Gasteiger charge is 2.52. The fourth-order valence-electron chi connectivity index (χ4n) is 11.4. The Morgan fingerprint density at radius 2 is 0.866 bits per heavy atom. The van der Waals surface area contributed by atoms with E-state index in [1.54, 1.807) is 0 Å². The molecule has 11 aromatic carbocycles. The van der Waals surface area contributed by atoms with Crippen LogP contribution in [0.15, 0.2) is 243 Å². The van der Waals surface area contributed by atoms with Crippen LogP contribution in [-0.4, -0.2) is 0 Å². The zero-order valence-electron chi connectivity index (χ0n) is 36.3. The van der Waals surface area contributed by atoms with Gasteiger partial charge in [-0.1, -0.05) is 176 Å². The van der Waals surface area contributed by atoms with Crippen molar-refractivity contribution in [1.82, 2.24) is 0 Å². The molecular weight excluding hydrogens is 833 g/mol. The van der Waals surface area contributed by atoms with Crippen LogP contribution in [0, 0.1) is 0 Å². The van der Waals surface area contributed by atoms with Gasteiger partial charge in [0.1, 0.15) is 11.5 Å². The number of rotatable bonds is 6. The molecule has 314 valence electrons. The van der Waals surface area contributed by atoms with Gasteiger partial charge in [0.2, 0.25) is 0 Å². The number of ether oxygens (including phenoxy) is 1. The van der Waals surface area contributed by atoms with E-state index in [1.807, 2.05) is 11.3 Å². The van der Waals surface area contributed by atoms with Crippen molar-refractivity contribution in [3.8, 4) is 22.6 Å². The van der Waals surface area contributed by atoms with Crippen LogP contribution in [0.4, 0.5) is 34.1 Å². The van der Waals surface area contributed by atoms with Gasteiger partial charge in [0.25, 0.3) is 0 Å². The van der Waals surface area contributed by atoms with Gasteiger partial charge in [0.15, 0.2) is 0 Å². The maximum absolute atomic E-state index is 6.73. The third-order valence-corrected chi connectivity index (χ3v) is 15.2. The lowest BCUT2D eigenvalue weighted by atomic mass is 9.66. The second-order valence-corrected chi connectivity index (χ2v) is 18.6. The molecule has 0 radical (unpaired) electrons. The molecule has 1 aliphatic heterocycles. The maximum atomic E-state index is 6.73. The Hall–Kier alpha value is -8.44. The van der Waals surface area contributed by atoms with Crippen LogP contribution in [0.25, 0.3) is 52.8 Å². The Labute approximate surface area is 392 Å². The molecule has 0 saturated carbocycles. The molecule has 4 heteroatoms. The fraction of sp³-hybridized carbons (Fsp3) is 0.0159. The number of nitrogens with zero attached hydrogens (tertiary/aromatic N) is 2. The van der Waals surface area contributed by atoms with E-state index in [1.165, 1.54) is 75.3 Å². The largest absolute Gasteiger partial charge is 0.457 e. The van der Waals surface area contributed by atoms with Gasteiger partial charge in [0, 0.05) is 60.0 Å². The highest BCUT2D eigenvalue weighted by Crippen LogP contribution is 2.65. The smallest absolute Gasteiger partial charge is 0.132 e. The van der Waals surface area contributed by atoms with Crippen molar-refractivity contribution in [2.75, 3.05) is 9.80 Å². The zero-order chi connectivity index (χ0) is 44.1. The monoisotopic (exact) mass is 872 g/mol. The fourth-order valence-corrected chi connectivity index (χ4v) is 12.7. The molecule has 2 aliphatic rings. The Kier molecular flexibility index (Phi) is 8.37. The van der Waals surface area contributed by atoms with E-state index in [0.717, 1.165) is 45.4 Å². The molecule has 0 saturated heterocycles. The highest BCUT2D eigenvalue weighted by atomic mass is 32.1. The molecule has 14 rings (SSSR count). The summed E-state index contributed by atoms with van der Waals surface area (Å²) >= 11 is 1.89. The van der Waals surface area contributed by atoms with Gasteiger partial charge in [-0.15, -0.1) is 11.3 Å². The maximum Gasteiger partial charge on any atom is 0.132 e. The first-order chi connectivity index (χ1) is 33.3. The number of benzene rings is 11. The van der Waals surface area contributed by atoms with E-state index in [-0.39, 0.29) is 0 Å². The summed E-state index contributed by atoms with van der Waals surface area (Å²) in [6.45, 7) is 0. The van der Waals surface area contributed by atoms with Crippen molar-refractivity contribution in [3.63, 3.8) is 0 Å². The SMILES string of the molecule is c1ccc(N(c2cccc3c2-c2ccccc2C32c3ccccc3Oc3ccccc32)c2c3ccccc3cc3c2sc2cc4ccccc4c(N(c4ccccc4)c4ccccc4)c23)cc1. The van der Waals surface area contributed by atoms with E-state index in [2.05, 4.69) is 252 Å². The van der Waals surface area contributed by atoms with E-state index in [9.17, 15) is 0 Å². The summed E-state index contributed by atoms with van der Waals surface area (Å²) in [5.41, 5.74) is 13.5. The van der Waals surface area contributed by atoms with Crippen LogP contribution in [0.5, 0.6) is 11.5 Å². The first-order valence-electron chi connectivity index (χ1n) is 22.9. The molecule has 0 atom stereocenters. The zero-order valence-corrected chi connectivity index (χ0v) is 37.1. The van der Waals surface area contributed by atoms with Gasteiger partial charge in [0.05, 0.1) is 27.2 Å². The van der Waals surface area contributed by atoms with E-state index < -0.39 is 5.41 Å². The van der Waals surface area contributed by atoms with Gasteiger partial charge < -0.3 is 14.5 Å². The standard InChI is InChI=1S/C63H40N2OS/c1-4-23-43(24-5-1)64(44-25-6-2-7-26-44)60-46-29-12-11-22-42(46)40-57-59(60)49-39-41-21-10-13-30-47(41)61(62(49)67-57)65(45-27-8-3-9-28-45)54-36-20-35-53-58(54)48-31-14-15-32-50(48)63(53)51-33-16-18-37-55(51)66-56-38-19-17-34-52(56)63/h1-40H. The Bertz CT molecular complexity index is 3830. The Morgan fingerprint density at radius 1 is 0.373 bits per heavy atom. The molecule has 0 fully saturated rings. The summed E-state index contributed by atoms with van der Waals surface area (Å²) in [6.07, 6.45) is 0. The quantitative estimate of drug-likeness (QED) is 0.166. The molecule has 3 nitrogen and oxygen atoms in total. The minimum atomic E-state index is -0.602. The first-order valence-corrected chi connectivity index (χ1v) is 23.7. The van der Waals surface area contributed by atoms with E-state index in [0.29, 0.717) is 0 Å². The van der Waals surface area contributed by atoms with Crippen molar-refractivity contribution >= 4 is 87.2 Å². The van der Waals surface area contributed by atoms with Gasteiger partial charge in [-0.2, -0.15) is 0 Å². The number of para-hydroxylation sites is 5. The molecular formula is C63H40N2OS. The predicted molar refractivity (Wildman–Crippen MR) is 281 cm³/mol. The number of anilines is 6. The molecule has 67 heavy (non-hydrogen) atoms. The lowest BCUT2D eigenvalue weighted by Gasteiger charge is -2.39. The molecule has 1 aromatic heterocycles. The van der Waals surface area contributed by atoms with E-state index >= 15 is 0 Å². The average molecular weight is 873 g/mol. The van der Waals surface area contributed by atoms with Crippen molar-refractivity contribution in [2.45, 2.75) is 5.41 Å². The summed E-state index contributed by atoms with van der Waals surface area (Å²) < 4.78 is 9.21. The molecule has 0 amide bonds. The van der Waals surface area contributed by atoms with Crippen LogP contribution < -0.4 is 14.5 Å². The third kappa shape index (κ3) is 5.45. The Morgan fingerprint density at radius 3 is 1.51 bits per heavy atom. The number of thiophene rings is 1. The summed E-state index contributed by atoms with van der Waals surface area (Å²) in [7, 11) is 0. The lowest BCUT2D eigenvalue weighted by Crippen LogP contribution is -2.32. The molecule has 12 aromatic rings. The van der Waals surface area contributed by atoms with Gasteiger partial charge in [-0.05, 0) is 94.2 Å². The predicted octanol–water partition coefficient (Wildman–Crippen LogP) is 17.8. The third-order valence-electron chi connectivity index (χ3n) is 14.0. The highest BCUT2D eigenvalue weighted by molar-refractivity contribution is 7.26. The second-order valence-electron chi connectivity index (χ2n) is 17.5. The number of hydrogen-bond donors (Lipinski definition) is 0. The van der Waals surface area contributed by atoms with Crippen molar-refractivity contribution in [3.05, 3.63) is 265 Å². The Balaban J connectivity index is 1.13. The molecule has 0 bridgehead atoms. The molecule has 0 N–H and O–H groups in total. The molecule has 2 heterocycles. The second kappa shape index (κ2) is 14.8. The molecule has 1 spiro atoms. The summed E-state index contributed by atoms with van der Waals surface area (Å²) in [5.74, 6) is 1.77. The van der Waals surface area contributed by atoms with Crippen LogP contribution in [0.3, 0.4) is 0 Å². The summed E-state index contributed by atoms with van der Waals surface area (Å²) in [6, 6.07) is 88.6. The minimum absolute atomic E-state index is 0.602. The van der Waals surface area contributed by atoms with Crippen LogP contribution >= 0.6 is 11.3 Å². The summed E-state index contributed by atoms with van der Waals surface area (Å²) in [4.78, 5) is 5.03. The number of hydrogen-bond acceptors (Lipinski definition) is 4. The molecule has 0 unspecified atom stereocenters. The normalized spacial score (nSPS) is 13.0. The van der Waals surface area contributed by atoms with Gasteiger partial charge >= 0.3 is 0 Å².